The normalized spacial score (nSPS) is 9.29. The average molecular weight is 554 g/mol. The molecule has 0 nitrogen and oxygen atoms in total. The fourth-order valence-electron chi connectivity index (χ4n) is 3.34. The van der Waals surface area contributed by atoms with Crippen molar-refractivity contribution < 1.29 is 65.4 Å². The van der Waals surface area contributed by atoms with Crippen molar-refractivity contribution in [1.82, 2.24) is 0 Å². The van der Waals surface area contributed by atoms with Gasteiger partial charge in [0.15, 0.2) is 0 Å². The van der Waals surface area contributed by atoms with Gasteiger partial charge in [0.2, 0.25) is 0 Å². The topological polar surface area (TPSA) is 0 Å². The zero-order valence-corrected chi connectivity index (χ0v) is 24.2. The molecule has 0 amide bonds. The maximum absolute atomic E-state index is 3.07. The van der Waals surface area contributed by atoms with Crippen LogP contribution in [0.4, 0.5) is 0 Å². The van der Waals surface area contributed by atoms with E-state index in [-0.39, 0.29) is 80.3 Å². The molecule has 0 saturated carbocycles. The molecular formula is C29H28Y2-4. The van der Waals surface area contributed by atoms with Crippen LogP contribution in [0.25, 0.3) is 0 Å². The molecule has 0 aliphatic rings. The number of benzene rings is 4. The standard InChI is InChI=1S/C27H22.2CH3.2Y/c1-3-7-22(8-4-1)19-24-11-15-26(16-12-24)21-27-17-13-25(14-18-27)20-23-9-5-2-6-10-23;;;;/h3-18H,19-21H2;2*1H3;;/q-2;2*-1;;. The van der Waals surface area contributed by atoms with Crippen molar-refractivity contribution in [2.75, 3.05) is 0 Å². The van der Waals surface area contributed by atoms with Crippen LogP contribution < -0.4 is 0 Å². The first-order valence-corrected chi connectivity index (χ1v) is 9.41. The number of hydrogen-bond donors (Lipinski definition) is 0. The summed E-state index contributed by atoms with van der Waals surface area (Å²) in [5.74, 6) is 0. The van der Waals surface area contributed by atoms with Crippen molar-refractivity contribution in [2.24, 2.45) is 0 Å². The summed E-state index contributed by atoms with van der Waals surface area (Å²) in [6, 6.07) is 40.5. The van der Waals surface area contributed by atoms with Crippen molar-refractivity contribution in [2.45, 2.75) is 19.3 Å². The van der Waals surface area contributed by atoms with E-state index in [9.17, 15) is 0 Å². The molecule has 0 N–H and O–H groups in total. The van der Waals surface area contributed by atoms with Gasteiger partial charge in [-0.05, 0) is 41.5 Å². The van der Waals surface area contributed by atoms with Crippen LogP contribution in [0.1, 0.15) is 33.4 Å². The van der Waals surface area contributed by atoms with Gasteiger partial charge in [-0.3, -0.25) is 0 Å². The van der Waals surface area contributed by atoms with E-state index in [2.05, 4.69) is 84.9 Å². The first-order valence-electron chi connectivity index (χ1n) is 9.41. The van der Waals surface area contributed by atoms with E-state index in [1.165, 1.54) is 33.4 Å². The third-order valence-corrected chi connectivity index (χ3v) is 4.85. The molecular weight excluding hydrogens is 526 g/mol. The van der Waals surface area contributed by atoms with Crippen molar-refractivity contribution in [1.29, 1.82) is 0 Å². The first-order chi connectivity index (χ1) is 13.3. The smallest absolute Gasteiger partial charge is 0 e. The van der Waals surface area contributed by atoms with Crippen molar-refractivity contribution in [3.05, 3.63) is 157 Å². The van der Waals surface area contributed by atoms with Crippen molar-refractivity contribution in [3.63, 3.8) is 0 Å². The van der Waals surface area contributed by atoms with Gasteiger partial charge in [-0.25, -0.2) is 0 Å². The SMILES string of the molecule is [CH3-].[CH3-].[Y].[Y].[c-]1ccc(Cc2ccc(Cc3ccc(Cc4cc[c-]cc4)cc3)cc2)cc1. The second-order valence-electron chi connectivity index (χ2n) is 6.98. The molecule has 0 bridgehead atoms. The van der Waals surface area contributed by atoms with Gasteiger partial charge in [0.1, 0.15) is 0 Å². The van der Waals surface area contributed by atoms with Gasteiger partial charge in [0, 0.05) is 65.4 Å². The second-order valence-corrected chi connectivity index (χ2v) is 6.98. The Bertz CT molecular complexity index is 878. The minimum Gasteiger partial charge on any atom is -0.358 e. The summed E-state index contributed by atoms with van der Waals surface area (Å²) in [5, 5.41) is 0. The zero-order valence-electron chi connectivity index (χ0n) is 18.5. The quantitative estimate of drug-likeness (QED) is 0.226. The summed E-state index contributed by atoms with van der Waals surface area (Å²) in [5.41, 5.74) is 8.06. The van der Waals surface area contributed by atoms with Crippen LogP contribution in [0.5, 0.6) is 0 Å². The molecule has 0 fully saturated rings. The fraction of sp³-hybridized carbons (Fsp3) is 0.103. The molecule has 4 aromatic rings. The summed E-state index contributed by atoms with van der Waals surface area (Å²) < 4.78 is 0. The van der Waals surface area contributed by atoms with Crippen LogP contribution in [0, 0.1) is 27.0 Å². The second kappa shape index (κ2) is 15.8. The molecule has 0 spiro atoms. The summed E-state index contributed by atoms with van der Waals surface area (Å²) in [6.45, 7) is 0. The molecule has 0 atom stereocenters. The minimum atomic E-state index is 0. The van der Waals surface area contributed by atoms with Crippen LogP contribution in [0.15, 0.2) is 97.1 Å². The molecule has 0 aliphatic carbocycles. The van der Waals surface area contributed by atoms with Gasteiger partial charge in [0.05, 0.1) is 0 Å². The van der Waals surface area contributed by atoms with Crippen LogP contribution in [0.3, 0.4) is 0 Å². The Morgan fingerprint density at radius 1 is 0.355 bits per heavy atom. The minimum absolute atomic E-state index is 0. The third kappa shape index (κ3) is 9.63. The van der Waals surface area contributed by atoms with Gasteiger partial charge in [-0.2, -0.15) is 71.8 Å². The summed E-state index contributed by atoms with van der Waals surface area (Å²) >= 11 is 0. The maximum atomic E-state index is 3.07. The van der Waals surface area contributed by atoms with E-state index in [0.29, 0.717) is 0 Å². The Morgan fingerprint density at radius 2 is 0.548 bits per heavy atom. The Morgan fingerprint density at radius 3 is 0.774 bits per heavy atom. The first kappa shape index (κ1) is 30.1. The van der Waals surface area contributed by atoms with Gasteiger partial charge in [-0.15, -0.1) is 0 Å². The van der Waals surface area contributed by atoms with Gasteiger partial charge < -0.3 is 14.9 Å². The Labute approximate surface area is 239 Å². The van der Waals surface area contributed by atoms with Crippen LogP contribution in [0.2, 0.25) is 0 Å². The van der Waals surface area contributed by atoms with E-state index < -0.39 is 0 Å². The van der Waals surface area contributed by atoms with E-state index in [4.69, 9.17) is 0 Å². The largest absolute Gasteiger partial charge is 0.358 e. The van der Waals surface area contributed by atoms with Crippen LogP contribution in [-0.2, 0) is 84.7 Å². The molecule has 0 aromatic heterocycles. The average Bonchev–Trinajstić information content (AvgIpc) is 2.73. The van der Waals surface area contributed by atoms with E-state index in [1.54, 1.807) is 0 Å². The van der Waals surface area contributed by atoms with E-state index in [1.807, 2.05) is 24.3 Å². The molecule has 0 unspecified atom stereocenters. The third-order valence-electron chi connectivity index (χ3n) is 4.85. The Hall–Kier alpha value is -0.912. The molecule has 2 heteroatoms. The molecule has 0 heterocycles. The van der Waals surface area contributed by atoms with E-state index in [0.717, 1.165) is 19.3 Å². The molecule has 31 heavy (non-hydrogen) atoms. The number of rotatable bonds is 6. The molecule has 2 radical (unpaired) electrons. The summed E-state index contributed by atoms with van der Waals surface area (Å²) in [6.07, 6.45) is 2.92. The van der Waals surface area contributed by atoms with Crippen molar-refractivity contribution in [3.8, 4) is 0 Å². The van der Waals surface area contributed by atoms with Crippen molar-refractivity contribution >= 4 is 0 Å². The van der Waals surface area contributed by atoms with Crippen LogP contribution >= 0.6 is 0 Å². The fourth-order valence-corrected chi connectivity index (χ4v) is 3.34. The monoisotopic (exact) mass is 554 g/mol. The summed E-state index contributed by atoms with van der Waals surface area (Å²) in [4.78, 5) is 0. The molecule has 0 aliphatic heterocycles. The Kier molecular flexibility index (Phi) is 15.4. The Balaban J connectivity index is 0.00000225. The molecule has 154 valence electrons. The maximum Gasteiger partial charge on any atom is 0 e. The molecule has 4 aromatic carbocycles. The molecule has 4 rings (SSSR count). The zero-order chi connectivity index (χ0) is 18.3. The molecule has 0 saturated heterocycles. The predicted molar refractivity (Wildman–Crippen MR) is 125 cm³/mol. The van der Waals surface area contributed by atoms with Gasteiger partial charge in [0.25, 0.3) is 0 Å². The number of hydrogen-bond acceptors (Lipinski definition) is 0. The predicted octanol–water partition coefficient (Wildman–Crippen LogP) is 6.95. The summed E-state index contributed by atoms with van der Waals surface area (Å²) in [7, 11) is 0. The van der Waals surface area contributed by atoms with E-state index >= 15 is 0 Å². The van der Waals surface area contributed by atoms with Gasteiger partial charge >= 0.3 is 0 Å². The van der Waals surface area contributed by atoms with Crippen LogP contribution in [-0.4, -0.2) is 0 Å². The van der Waals surface area contributed by atoms with Gasteiger partial charge in [-0.1, -0.05) is 48.5 Å².